The fraction of sp³-hybridized carbons (Fsp3) is 0.600. The molecule has 5 heteroatoms. The molecule has 0 fully saturated rings. The molecule has 1 rings (SSSR count). The molecule has 20 heavy (non-hydrogen) atoms. The molecule has 0 aliphatic rings. The maximum Gasteiger partial charge on any atom is 0.416 e. The van der Waals surface area contributed by atoms with E-state index in [1.807, 2.05) is 11.9 Å². The van der Waals surface area contributed by atoms with Crippen molar-refractivity contribution in [1.29, 1.82) is 0 Å². The highest BCUT2D eigenvalue weighted by atomic mass is 19.4. The highest BCUT2D eigenvalue weighted by Gasteiger charge is 2.33. The molecule has 0 radical (unpaired) electrons. The van der Waals surface area contributed by atoms with Gasteiger partial charge in [-0.1, -0.05) is 25.8 Å². The summed E-state index contributed by atoms with van der Waals surface area (Å²) in [5.41, 5.74) is 0.352. The van der Waals surface area contributed by atoms with Crippen molar-refractivity contribution in [2.24, 2.45) is 0 Å². The van der Waals surface area contributed by atoms with Gasteiger partial charge in [0, 0.05) is 25.8 Å². The number of alkyl halides is 3. The summed E-state index contributed by atoms with van der Waals surface area (Å²) in [7, 11) is 3.48. The van der Waals surface area contributed by atoms with Crippen molar-refractivity contribution >= 4 is 5.69 Å². The van der Waals surface area contributed by atoms with Crippen molar-refractivity contribution in [3.63, 3.8) is 0 Å². The SMILES string of the molecule is CCCCCN(C)c1ccc(CNC)c(C(F)(F)F)c1. The highest BCUT2D eigenvalue weighted by molar-refractivity contribution is 5.51. The summed E-state index contributed by atoms with van der Waals surface area (Å²) in [6.45, 7) is 3.10. The Kier molecular flexibility index (Phi) is 6.33. The first kappa shape index (κ1) is 16.8. The van der Waals surface area contributed by atoms with Gasteiger partial charge in [-0.25, -0.2) is 0 Å². The van der Waals surface area contributed by atoms with E-state index in [0.717, 1.165) is 25.8 Å². The largest absolute Gasteiger partial charge is 0.416 e. The van der Waals surface area contributed by atoms with Gasteiger partial charge < -0.3 is 10.2 Å². The third-order valence-corrected chi connectivity index (χ3v) is 3.30. The Morgan fingerprint density at radius 1 is 1.20 bits per heavy atom. The summed E-state index contributed by atoms with van der Waals surface area (Å²) < 4.78 is 39.2. The second kappa shape index (κ2) is 7.53. The van der Waals surface area contributed by atoms with E-state index < -0.39 is 11.7 Å². The Labute approximate surface area is 119 Å². The van der Waals surface area contributed by atoms with Crippen molar-refractivity contribution in [1.82, 2.24) is 5.32 Å². The minimum absolute atomic E-state index is 0.217. The van der Waals surface area contributed by atoms with Gasteiger partial charge in [0.05, 0.1) is 5.56 Å². The molecule has 1 aromatic carbocycles. The number of nitrogens with zero attached hydrogens (tertiary/aromatic N) is 1. The monoisotopic (exact) mass is 288 g/mol. The number of hydrogen-bond donors (Lipinski definition) is 1. The zero-order valence-electron chi connectivity index (χ0n) is 12.3. The van der Waals surface area contributed by atoms with Gasteiger partial charge in [-0.15, -0.1) is 0 Å². The van der Waals surface area contributed by atoms with Crippen LogP contribution in [0.15, 0.2) is 18.2 Å². The van der Waals surface area contributed by atoms with Crippen LogP contribution in [0.4, 0.5) is 18.9 Å². The van der Waals surface area contributed by atoms with Crippen LogP contribution in [0.25, 0.3) is 0 Å². The normalized spacial score (nSPS) is 11.7. The van der Waals surface area contributed by atoms with Gasteiger partial charge in [0.1, 0.15) is 0 Å². The van der Waals surface area contributed by atoms with Gasteiger partial charge in [0.2, 0.25) is 0 Å². The second-order valence-corrected chi connectivity index (χ2v) is 5.00. The third-order valence-electron chi connectivity index (χ3n) is 3.30. The van der Waals surface area contributed by atoms with Crippen LogP contribution in [0.1, 0.15) is 37.3 Å². The summed E-state index contributed by atoms with van der Waals surface area (Å²) in [6.07, 6.45) is -1.13. The van der Waals surface area contributed by atoms with Gasteiger partial charge in [0.25, 0.3) is 0 Å². The molecule has 0 heterocycles. The Morgan fingerprint density at radius 2 is 1.90 bits per heavy atom. The molecule has 0 saturated heterocycles. The number of rotatable bonds is 7. The van der Waals surface area contributed by atoms with E-state index in [2.05, 4.69) is 12.2 Å². The van der Waals surface area contributed by atoms with Gasteiger partial charge in [-0.2, -0.15) is 13.2 Å². The van der Waals surface area contributed by atoms with Gasteiger partial charge in [-0.05, 0) is 31.2 Å². The quantitative estimate of drug-likeness (QED) is 0.761. The van der Waals surface area contributed by atoms with E-state index in [9.17, 15) is 13.2 Å². The van der Waals surface area contributed by atoms with Crippen LogP contribution in [0, 0.1) is 0 Å². The zero-order chi connectivity index (χ0) is 15.2. The number of anilines is 1. The predicted octanol–water partition coefficient (Wildman–Crippen LogP) is 4.05. The van der Waals surface area contributed by atoms with E-state index in [-0.39, 0.29) is 12.1 Å². The molecule has 0 aliphatic heterocycles. The van der Waals surface area contributed by atoms with Crippen molar-refractivity contribution in [3.8, 4) is 0 Å². The van der Waals surface area contributed by atoms with E-state index in [0.29, 0.717) is 5.69 Å². The molecule has 0 aliphatic carbocycles. The third kappa shape index (κ3) is 4.71. The molecule has 114 valence electrons. The number of benzene rings is 1. The second-order valence-electron chi connectivity index (χ2n) is 5.00. The van der Waals surface area contributed by atoms with Crippen molar-refractivity contribution in [3.05, 3.63) is 29.3 Å². The lowest BCUT2D eigenvalue weighted by Gasteiger charge is -2.22. The number of unbranched alkanes of at least 4 members (excludes halogenated alkanes) is 2. The molecular formula is C15H23F3N2. The predicted molar refractivity (Wildman–Crippen MR) is 77.0 cm³/mol. The van der Waals surface area contributed by atoms with Crippen molar-refractivity contribution in [2.45, 2.75) is 38.9 Å². The van der Waals surface area contributed by atoms with Crippen LogP contribution in [0.2, 0.25) is 0 Å². The molecule has 0 bridgehead atoms. The zero-order valence-corrected chi connectivity index (χ0v) is 12.3. The number of nitrogens with one attached hydrogen (secondary N) is 1. The molecule has 0 spiro atoms. The molecule has 1 N–H and O–H groups in total. The first-order valence-electron chi connectivity index (χ1n) is 6.96. The van der Waals surface area contributed by atoms with E-state index in [4.69, 9.17) is 0 Å². The molecule has 0 atom stereocenters. The molecular weight excluding hydrogens is 265 g/mol. The van der Waals surface area contributed by atoms with Gasteiger partial charge in [-0.3, -0.25) is 0 Å². The molecule has 0 saturated carbocycles. The lowest BCUT2D eigenvalue weighted by atomic mass is 10.1. The van der Waals surface area contributed by atoms with Crippen LogP contribution in [-0.4, -0.2) is 20.6 Å². The molecule has 2 nitrogen and oxygen atoms in total. The first-order chi connectivity index (χ1) is 9.40. The Hall–Kier alpha value is -1.23. The van der Waals surface area contributed by atoms with E-state index >= 15 is 0 Å². The van der Waals surface area contributed by atoms with Crippen LogP contribution in [0.3, 0.4) is 0 Å². The smallest absolute Gasteiger partial charge is 0.375 e. The van der Waals surface area contributed by atoms with Crippen LogP contribution >= 0.6 is 0 Å². The van der Waals surface area contributed by atoms with E-state index in [1.54, 1.807) is 19.2 Å². The fourth-order valence-corrected chi connectivity index (χ4v) is 2.14. The van der Waals surface area contributed by atoms with Crippen molar-refractivity contribution in [2.75, 3.05) is 25.5 Å². The first-order valence-corrected chi connectivity index (χ1v) is 6.96. The van der Waals surface area contributed by atoms with Crippen LogP contribution < -0.4 is 10.2 Å². The minimum atomic E-state index is -4.31. The Morgan fingerprint density at radius 3 is 2.45 bits per heavy atom. The number of halogens is 3. The summed E-state index contributed by atoms with van der Waals surface area (Å²) in [5, 5.41) is 2.77. The van der Waals surface area contributed by atoms with Crippen LogP contribution in [-0.2, 0) is 12.7 Å². The van der Waals surface area contributed by atoms with Crippen LogP contribution in [0.5, 0.6) is 0 Å². The van der Waals surface area contributed by atoms with Gasteiger partial charge in [0.15, 0.2) is 0 Å². The Balaban J connectivity index is 2.94. The summed E-state index contributed by atoms with van der Waals surface area (Å²) in [6, 6.07) is 4.57. The molecule has 1 aromatic rings. The molecule has 0 unspecified atom stereocenters. The van der Waals surface area contributed by atoms with Gasteiger partial charge >= 0.3 is 6.18 Å². The number of hydrogen-bond acceptors (Lipinski definition) is 2. The summed E-state index contributed by atoms with van der Waals surface area (Å²) >= 11 is 0. The maximum absolute atomic E-state index is 13.1. The average Bonchev–Trinajstić information content (AvgIpc) is 2.38. The molecule has 0 amide bonds. The average molecular weight is 288 g/mol. The van der Waals surface area contributed by atoms with Crippen molar-refractivity contribution < 1.29 is 13.2 Å². The standard InChI is InChI=1S/C15H23F3N2/c1-4-5-6-9-20(3)13-8-7-12(11-19-2)14(10-13)15(16,17)18/h7-8,10,19H,4-6,9,11H2,1-3H3. The lowest BCUT2D eigenvalue weighted by molar-refractivity contribution is -0.138. The highest BCUT2D eigenvalue weighted by Crippen LogP contribution is 2.34. The topological polar surface area (TPSA) is 15.3 Å². The summed E-state index contributed by atoms with van der Waals surface area (Å²) in [5.74, 6) is 0. The Bertz CT molecular complexity index is 416. The molecule has 0 aromatic heterocycles. The van der Waals surface area contributed by atoms with E-state index in [1.165, 1.54) is 6.07 Å². The minimum Gasteiger partial charge on any atom is -0.375 e. The lowest BCUT2D eigenvalue weighted by Crippen LogP contribution is -2.20. The summed E-state index contributed by atoms with van der Waals surface area (Å²) in [4.78, 5) is 1.88. The fourth-order valence-electron chi connectivity index (χ4n) is 2.14. The maximum atomic E-state index is 13.1.